The molecule has 1 aliphatic rings. The Morgan fingerprint density at radius 2 is 2.17 bits per heavy atom. The van der Waals surface area contributed by atoms with Crippen LogP contribution in [0.15, 0.2) is 28.7 Å². The van der Waals surface area contributed by atoms with Crippen LogP contribution in [0.25, 0.3) is 0 Å². The zero-order valence-electron chi connectivity index (χ0n) is 11.2. The summed E-state index contributed by atoms with van der Waals surface area (Å²) in [5, 5.41) is 3.65. The third kappa shape index (κ3) is 3.81. The van der Waals surface area contributed by atoms with E-state index in [2.05, 4.69) is 59.4 Å². The molecule has 0 bridgehead atoms. The number of nitrogens with one attached hydrogen (secondary N) is 1. The fourth-order valence-corrected chi connectivity index (χ4v) is 2.80. The van der Waals surface area contributed by atoms with E-state index < -0.39 is 0 Å². The summed E-state index contributed by atoms with van der Waals surface area (Å²) in [6, 6.07) is 8.98. The Morgan fingerprint density at radius 3 is 2.89 bits per heavy atom. The molecule has 1 heterocycles. The van der Waals surface area contributed by atoms with Gasteiger partial charge in [-0.05, 0) is 30.4 Å². The molecule has 1 fully saturated rings. The van der Waals surface area contributed by atoms with Gasteiger partial charge in [0.05, 0.1) is 6.10 Å². The Morgan fingerprint density at radius 1 is 1.39 bits per heavy atom. The molecule has 0 spiro atoms. The number of benzene rings is 1. The van der Waals surface area contributed by atoms with Gasteiger partial charge < -0.3 is 10.1 Å². The van der Waals surface area contributed by atoms with Crippen LogP contribution < -0.4 is 5.32 Å². The van der Waals surface area contributed by atoms with Crippen LogP contribution in [0.4, 0.5) is 0 Å². The molecule has 2 unspecified atom stereocenters. The van der Waals surface area contributed by atoms with Crippen LogP contribution in [-0.4, -0.2) is 18.8 Å². The fraction of sp³-hybridized carbons (Fsp3) is 0.600. The second-order valence-corrected chi connectivity index (χ2v) is 6.20. The van der Waals surface area contributed by atoms with Crippen molar-refractivity contribution in [2.45, 2.75) is 45.4 Å². The van der Waals surface area contributed by atoms with E-state index in [1.165, 1.54) is 10.0 Å². The predicted octanol–water partition coefficient (Wildman–Crippen LogP) is 3.74. The summed E-state index contributed by atoms with van der Waals surface area (Å²) in [5.74, 6) is 0.609. The molecule has 1 aromatic carbocycles. The molecule has 3 heteroatoms. The summed E-state index contributed by atoms with van der Waals surface area (Å²) in [7, 11) is 0. The zero-order valence-corrected chi connectivity index (χ0v) is 12.7. The van der Waals surface area contributed by atoms with Crippen LogP contribution >= 0.6 is 15.9 Å². The predicted molar refractivity (Wildman–Crippen MR) is 78.6 cm³/mol. The lowest BCUT2D eigenvalue weighted by Gasteiger charge is -2.32. The molecular formula is C15H22BrNO. The average molecular weight is 312 g/mol. The SMILES string of the molecule is CC(C)C1CC(NCc2ccccc2Br)CCO1. The normalized spacial score (nSPS) is 24.4. The molecule has 0 aliphatic carbocycles. The Hall–Kier alpha value is -0.380. The maximum absolute atomic E-state index is 5.80. The van der Waals surface area contributed by atoms with E-state index in [4.69, 9.17) is 4.74 Å². The lowest BCUT2D eigenvalue weighted by atomic mass is 9.95. The van der Waals surface area contributed by atoms with Crippen molar-refractivity contribution in [2.75, 3.05) is 6.61 Å². The Bertz CT molecular complexity index is 381. The molecule has 0 amide bonds. The lowest BCUT2D eigenvalue weighted by molar-refractivity contribution is -0.0245. The third-order valence-corrected chi connectivity index (χ3v) is 4.37. The molecule has 1 N–H and O–H groups in total. The average Bonchev–Trinajstić information content (AvgIpc) is 2.38. The highest BCUT2D eigenvalue weighted by Crippen LogP contribution is 2.21. The van der Waals surface area contributed by atoms with Gasteiger partial charge in [-0.2, -0.15) is 0 Å². The molecule has 1 aliphatic heterocycles. The van der Waals surface area contributed by atoms with Crippen LogP contribution in [-0.2, 0) is 11.3 Å². The van der Waals surface area contributed by atoms with Gasteiger partial charge in [0.2, 0.25) is 0 Å². The number of ether oxygens (including phenoxy) is 1. The van der Waals surface area contributed by atoms with E-state index in [0.717, 1.165) is 26.0 Å². The van der Waals surface area contributed by atoms with Crippen LogP contribution in [0, 0.1) is 5.92 Å². The van der Waals surface area contributed by atoms with E-state index in [-0.39, 0.29) is 0 Å². The highest BCUT2D eigenvalue weighted by atomic mass is 79.9. The minimum Gasteiger partial charge on any atom is -0.378 e. The van der Waals surface area contributed by atoms with Gasteiger partial charge in [-0.25, -0.2) is 0 Å². The third-order valence-electron chi connectivity index (χ3n) is 3.60. The van der Waals surface area contributed by atoms with E-state index in [9.17, 15) is 0 Å². The second-order valence-electron chi connectivity index (χ2n) is 5.35. The summed E-state index contributed by atoms with van der Waals surface area (Å²) in [5.41, 5.74) is 1.32. The van der Waals surface area contributed by atoms with Gasteiger partial charge in [0.1, 0.15) is 0 Å². The highest BCUT2D eigenvalue weighted by Gasteiger charge is 2.24. The minimum atomic E-state index is 0.412. The van der Waals surface area contributed by atoms with Crippen LogP contribution in [0.5, 0.6) is 0 Å². The van der Waals surface area contributed by atoms with Gasteiger partial charge in [-0.1, -0.05) is 48.0 Å². The summed E-state index contributed by atoms with van der Waals surface area (Å²) in [4.78, 5) is 0. The maximum Gasteiger partial charge on any atom is 0.0612 e. The molecule has 100 valence electrons. The molecule has 18 heavy (non-hydrogen) atoms. The van der Waals surface area contributed by atoms with E-state index in [1.54, 1.807) is 0 Å². The largest absolute Gasteiger partial charge is 0.378 e. The molecule has 1 saturated heterocycles. The molecule has 2 atom stereocenters. The molecule has 0 aromatic heterocycles. The van der Waals surface area contributed by atoms with Crippen molar-refractivity contribution in [1.29, 1.82) is 0 Å². The van der Waals surface area contributed by atoms with Crippen LogP contribution in [0.3, 0.4) is 0 Å². The quantitative estimate of drug-likeness (QED) is 0.914. The number of hydrogen-bond donors (Lipinski definition) is 1. The van der Waals surface area contributed by atoms with Gasteiger partial charge in [-0.15, -0.1) is 0 Å². The smallest absolute Gasteiger partial charge is 0.0612 e. The number of rotatable bonds is 4. The molecule has 0 saturated carbocycles. The van der Waals surface area contributed by atoms with Crippen molar-refractivity contribution >= 4 is 15.9 Å². The fourth-order valence-electron chi connectivity index (χ4n) is 2.37. The second kappa shape index (κ2) is 6.69. The monoisotopic (exact) mass is 311 g/mol. The van der Waals surface area contributed by atoms with Gasteiger partial charge >= 0.3 is 0 Å². The maximum atomic E-state index is 5.80. The minimum absolute atomic E-state index is 0.412. The first-order chi connectivity index (χ1) is 8.66. The van der Waals surface area contributed by atoms with Crippen molar-refractivity contribution < 1.29 is 4.74 Å². The first-order valence-corrected chi connectivity index (χ1v) is 7.54. The Labute approximate surface area is 118 Å². The van der Waals surface area contributed by atoms with Crippen molar-refractivity contribution in [2.24, 2.45) is 5.92 Å². The van der Waals surface area contributed by atoms with E-state index >= 15 is 0 Å². The van der Waals surface area contributed by atoms with Crippen LogP contribution in [0.1, 0.15) is 32.3 Å². The lowest BCUT2D eigenvalue weighted by Crippen LogP contribution is -2.40. The summed E-state index contributed by atoms with van der Waals surface area (Å²) in [6.07, 6.45) is 2.66. The number of halogens is 1. The van der Waals surface area contributed by atoms with E-state index in [1.807, 2.05) is 0 Å². The Balaban J connectivity index is 1.85. The van der Waals surface area contributed by atoms with E-state index in [0.29, 0.717) is 18.1 Å². The van der Waals surface area contributed by atoms with Crippen LogP contribution in [0.2, 0.25) is 0 Å². The molecule has 2 rings (SSSR count). The zero-order chi connectivity index (χ0) is 13.0. The summed E-state index contributed by atoms with van der Waals surface area (Å²) < 4.78 is 6.98. The summed E-state index contributed by atoms with van der Waals surface area (Å²) in [6.45, 7) is 6.29. The summed E-state index contributed by atoms with van der Waals surface area (Å²) >= 11 is 3.59. The standard InChI is InChI=1S/C15H22BrNO/c1-11(2)15-9-13(7-8-18-15)17-10-12-5-3-4-6-14(12)16/h3-6,11,13,15,17H,7-10H2,1-2H3. The van der Waals surface area contributed by atoms with Crippen molar-refractivity contribution in [1.82, 2.24) is 5.32 Å². The van der Waals surface area contributed by atoms with Gasteiger partial charge in [0.15, 0.2) is 0 Å². The van der Waals surface area contributed by atoms with Gasteiger partial charge in [-0.3, -0.25) is 0 Å². The van der Waals surface area contributed by atoms with Crippen molar-refractivity contribution in [3.63, 3.8) is 0 Å². The molecular weight excluding hydrogens is 290 g/mol. The van der Waals surface area contributed by atoms with Crippen molar-refractivity contribution in [3.8, 4) is 0 Å². The van der Waals surface area contributed by atoms with Gasteiger partial charge in [0.25, 0.3) is 0 Å². The van der Waals surface area contributed by atoms with Gasteiger partial charge in [0, 0.05) is 23.7 Å². The first kappa shape index (κ1) is 14.0. The Kier molecular flexibility index (Phi) is 5.22. The molecule has 2 nitrogen and oxygen atoms in total. The molecule has 1 aromatic rings. The first-order valence-electron chi connectivity index (χ1n) is 6.75. The topological polar surface area (TPSA) is 21.3 Å². The number of hydrogen-bond acceptors (Lipinski definition) is 2. The molecule has 0 radical (unpaired) electrons. The van der Waals surface area contributed by atoms with Crippen molar-refractivity contribution in [3.05, 3.63) is 34.3 Å². The highest BCUT2D eigenvalue weighted by molar-refractivity contribution is 9.10.